The number of likely N-dealkylation sites (tertiary alicyclic amines) is 1. The number of sulfonamides is 1. The predicted molar refractivity (Wildman–Crippen MR) is 101 cm³/mol. The minimum absolute atomic E-state index is 0.153. The molecule has 1 unspecified atom stereocenters. The van der Waals surface area contributed by atoms with Gasteiger partial charge in [-0.2, -0.15) is 5.26 Å². The minimum atomic E-state index is -4.22. The zero-order chi connectivity index (χ0) is 22.1. The summed E-state index contributed by atoms with van der Waals surface area (Å²) in [6.45, 7) is 1.58. The van der Waals surface area contributed by atoms with Gasteiger partial charge in [0.1, 0.15) is 17.2 Å². The average Bonchev–Trinajstić information content (AvgIpc) is 2.68. The van der Waals surface area contributed by atoms with Gasteiger partial charge in [0.15, 0.2) is 0 Å². The summed E-state index contributed by atoms with van der Waals surface area (Å²) in [5.41, 5.74) is -1.34. The third-order valence-corrected chi connectivity index (χ3v) is 6.43. The topological polar surface area (TPSA) is 107 Å². The van der Waals surface area contributed by atoms with E-state index in [1.807, 2.05) is 10.8 Å². The van der Waals surface area contributed by atoms with Crippen LogP contribution >= 0.6 is 0 Å². The molecule has 0 aromatic heterocycles. The zero-order valence-corrected chi connectivity index (χ0v) is 16.7. The second kappa shape index (κ2) is 7.84. The van der Waals surface area contributed by atoms with E-state index in [2.05, 4.69) is 0 Å². The molecule has 10 heteroatoms. The van der Waals surface area contributed by atoms with Gasteiger partial charge in [-0.05, 0) is 55.8 Å². The van der Waals surface area contributed by atoms with Crippen molar-refractivity contribution < 1.29 is 26.8 Å². The highest BCUT2D eigenvalue weighted by Gasteiger charge is 2.50. The molecular formula is C20H17F2N3O4S. The standard InChI is InChI=1S/C20H17F2N3O4S/c1-20(19(27)24-30(28,29)16-5-2-13(12-23)3-6-16)8-9-25(20)18(26)11-14-10-15(21)4-7-17(14)22/h2-7,10H,8-9,11H2,1H3,(H,24,27). The maximum absolute atomic E-state index is 13.8. The van der Waals surface area contributed by atoms with Crippen molar-refractivity contribution in [2.75, 3.05) is 6.54 Å². The summed E-state index contributed by atoms with van der Waals surface area (Å²) in [6.07, 6.45) is -0.256. The third-order valence-electron chi connectivity index (χ3n) is 5.08. The van der Waals surface area contributed by atoms with Crippen LogP contribution in [-0.2, 0) is 26.0 Å². The molecule has 2 aromatic rings. The first kappa shape index (κ1) is 21.4. The van der Waals surface area contributed by atoms with Gasteiger partial charge < -0.3 is 4.90 Å². The van der Waals surface area contributed by atoms with Crippen molar-refractivity contribution >= 4 is 21.8 Å². The Hall–Kier alpha value is -3.32. The first-order valence-electron chi connectivity index (χ1n) is 8.88. The van der Waals surface area contributed by atoms with E-state index in [4.69, 9.17) is 5.26 Å². The monoisotopic (exact) mass is 433 g/mol. The highest BCUT2D eigenvalue weighted by molar-refractivity contribution is 7.90. The lowest BCUT2D eigenvalue weighted by molar-refractivity contribution is -0.156. The Bertz CT molecular complexity index is 1160. The van der Waals surface area contributed by atoms with Crippen LogP contribution in [0.5, 0.6) is 0 Å². The lowest BCUT2D eigenvalue weighted by Crippen LogP contribution is -2.68. The van der Waals surface area contributed by atoms with Crippen LogP contribution in [0, 0.1) is 23.0 Å². The maximum atomic E-state index is 13.8. The molecule has 156 valence electrons. The Balaban J connectivity index is 1.74. The summed E-state index contributed by atoms with van der Waals surface area (Å²) in [5.74, 6) is -2.98. The van der Waals surface area contributed by atoms with E-state index in [1.165, 1.54) is 31.2 Å². The summed E-state index contributed by atoms with van der Waals surface area (Å²) >= 11 is 0. The zero-order valence-electron chi connectivity index (χ0n) is 15.9. The van der Waals surface area contributed by atoms with Crippen LogP contribution in [0.15, 0.2) is 47.4 Å². The fraction of sp³-hybridized carbons (Fsp3) is 0.250. The number of benzene rings is 2. The van der Waals surface area contributed by atoms with Gasteiger partial charge in [0, 0.05) is 12.1 Å². The van der Waals surface area contributed by atoms with Crippen molar-refractivity contribution in [1.29, 1.82) is 5.26 Å². The highest BCUT2D eigenvalue weighted by Crippen LogP contribution is 2.32. The molecule has 0 radical (unpaired) electrons. The lowest BCUT2D eigenvalue weighted by atomic mass is 9.85. The molecule has 1 aliphatic heterocycles. The molecule has 1 fully saturated rings. The first-order valence-corrected chi connectivity index (χ1v) is 10.4. The fourth-order valence-corrected chi connectivity index (χ4v) is 4.21. The molecule has 1 N–H and O–H groups in total. The number of amides is 2. The number of carbonyl (C=O) groups is 2. The van der Waals surface area contributed by atoms with Gasteiger partial charge in [0.25, 0.3) is 15.9 Å². The molecule has 7 nitrogen and oxygen atoms in total. The molecule has 1 heterocycles. The second-order valence-corrected chi connectivity index (χ2v) is 8.73. The third kappa shape index (κ3) is 4.02. The van der Waals surface area contributed by atoms with Gasteiger partial charge in [-0.25, -0.2) is 21.9 Å². The number of rotatable bonds is 5. The molecule has 0 aliphatic carbocycles. The Morgan fingerprint density at radius 2 is 1.87 bits per heavy atom. The number of nitriles is 1. The molecule has 1 atom stereocenters. The van der Waals surface area contributed by atoms with Crippen LogP contribution < -0.4 is 4.72 Å². The van der Waals surface area contributed by atoms with E-state index < -0.39 is 45.4 Å². The van der Waals surface area contributed by atoms with Crippen LogP contribution in [0.1, 0.15) is 24.5 Å². The number of nitrogens with zero attached hydrogens (tertiary/aromatic N) is 2. The van der Waals surface area contributed by atoms with Crippen molar-refractivity contribution in [2.45, 2.75) is 30.2 Å². The van der Waals surface area contributed by atoms with Gasteiger partial charge in [0.05, 0.1) is 22.9 Å². The quantitative estimate of drug-likeness (QED) is 0.775. The van der Waals surface area contributed by atoms with E-state index in [-0.39, 0.29) is 29.0 Å². The smallest absolute Gasteiger partial charge is 0.264 e. The summed E-state index contributed by atoms with van der Waals surface area (Å²) in [7, 11) is -4.22. The molecular weight excluding hydrogens is 416 g/mol. The Labute approximate surface area is 172 Å². The number of hydrogen-bond acceptors (Lipinski definition) is 5. The highest BCUT2D eigenvalue weighted by atomic mass is 32.2. The number of nitrogens with one attached hydrogen (secondary N) is 1. The Morgan fingerprint density at radius 3 is 2.43 bits per heavy atom. The number of halogens is 2. The molecule has 3 rings (SSSR count). The van der Waals surface area contributed by atoms with Gasteiger partial charge in [-0.15, -0.1) is 0 Å². The average molecular weight is 433 g/mol. The van der Waals surface area contributed by atoms with Gasteiger partial charge in [0.2, 0.25) is 5.91 Å². The van der Waals surface area contributed by atoms with E-state index in [0.717, 1.165) is 23.1 Å². The molecule has 2 amide bonds. The Kier molecular flexibility index (Phi) is 5.59. The normalized spacial score (nSPS) is 18.3. The fourth-order valence-electron chi connectivity index (χ4n) is 3.13. The molecule has 1 aliphatic rings. The summed E-state index contributed by atoms with van der Waals surface area (Å²) in [6, 6.07) is 9.57. The maximum Gasteiger partial charge on any atom is 0.264 e. The molecule has 30 heavy (non-hydrogen) atoms. The summed E-state index contributed by atoms with van der Waals surface area (Å²) < 4.78 is 54.0. The Morgan fingerprint density at radius 1 is 1.20 bits per heavy atom. The number of hydrogen-bond donors (Lipinski definition) is 1. The minimum Gasteiger partial charge on any atom is -0.328 e. The molecule has 1 saturated heterocycles. The van der Waals surface area contributed by atoms with Crippen LogP contribution in [0.2, 0.25) is 0 Å². The second-order valence-electron chi connectivity index (χ2n) is 7.05. The molecule has 0 bridgehead atoms. The van der Waals surface area contributed by atoms with Gasteiger partial charge in [-0.3, -0.25) is 9.59 Å². The van der Waals surface area contributed by atoms with Crippen LogP contribution in [0.3, 0.4) is 0 Å². The summed E-state index contributed by atoms with van der Waals surface area (Å²) in [4.78, 5) is 26.2. The SMILES string of the molecule is CC1(C(=O)NS(=O)(=O)c2ccc(C#N)cc2)CCN1C(=O)Cc1cc(F)ccc1F. The summed E-state index contributed by atoms with van der Waals surface area (Å²) in [5, 5.41) is 8.79. The van der Waals surface area contributed by atoms with Crippen molar-refractivity contribution in [3.8, 4) is 6.07 Å². The molecule has 0 saturated carbocycles. The van der Waals surface area contributed by atoms with Crippen molar-refractivity contribution in [3.05, 3.63) is 65.2 Å². The predicted octanol–water partition coefficient (Wildman–Crippen LogP) is 1.88. The van der Waals surface area contributed by atoms with E-state index in [1.54, 1.807) is 0 Å². The van der Waals surface area contributed by atoms with Crippen LogP contribution in [0.4, 0.5) is 8.78 Å². The van der Waals surface area contributed by atoms with Gasteiger partial charge >= 0.3 is 0 Å². The van der Waals surface area contributed by atoms with E-state index in [9.17, 15) is 26.8 Å². The lowest BCUT2D eigenvalue weighted by Gasteiger charge is -2.49. The van der Waals surface area contributed by atoms with Gasteiger partial charge in [-0.1, -0.05) is 0 Å². The van der Waals surface area contributed by atoms with Crippen molar-refractivity contribution in [3.63, 3.8) is 0 Å². The van der Waals surface area contributed by atoms with E-state index in [0.29, 0.717) is 0 Å². The van der Waals surface area contributed by atoms with Crippen molar-refractivity contribution in [1.82, 2.24) is 9.62 Å². The van der Waals surface area contributed by atoms with Crippen molar-refractivity contribution in [2.24, 2.45) is 0 Å². The van der Waals surface area contributed by atoms with Crippen LogP contribution in [-0.4, -0.2) is 37.2 Å². The molecule has 2 aromatic carbocycles. The van der Waals surface area contributed by atoms with Crippen LogP contribution in [0.25, 0.3) is 0 Å². The van der Waals surface area contributed by atoms with E-state index >= 15 is 0 Å². The number of carbonyl (C=O) groups excluding carboxylic acids is 2. The largest absolute Gasteiger partial charge is 0.328 e. The first-order chi connectivity index (χ1) is 14.1. The molecule has 0 spiro atoms.